The van der Waals surface area contributed by atoms with Gasteiger partial charge in [-0.3, -0.25) is 4.90 Å². The van der Waals surface area contributed by atoms with E-state index in [2.05, 4.69) is 15.5 Å². The Balaban J connectivity index is 1.08. The molecule has 0 spiro atoms. The van der Waals surface area contributed by atoms with Crippen LogP contribution in [0, 0.1) is 0 Å². The number of nitrogens with zero attached hydrogens (tertiary/aromatic N) is 1. The summed E-state index contributed by atoms with van der Waals surface area (Å²) in [6.45, 7) is 2.19. The topological polar surface area (TPSA) is 113 Å². The highest BCUT2D eigenvalue weighted by Gasteiger charge is 2.34. The summed E-state index contributed by atoms with van der Waals surface area (Å²) in [5, 5.41) is 25.2. The third-order valence-corrected chi connectivity index (χ3v) is 7.86. The first-order valence-corrected chi connectivity index (χ1v) is 14.9. The zero-order valence-electron chi connectivity index (χ0n) is 24.3. The van der Waals surface area contributed by atoms with E-state index in [0.717, 1.165) is 35.4 Å². The van der Waals surface area contributed by atoms with Crippen LogP contribution in [-0.2, 0) is 16.1 Å². The number of aliphatic hydroxyl groups excluding tert-OH is 2. The summed E-state index contributed by atoms with van der Waals surface area (Å²) >= 11 is 0. The lowest BCUT2D eigenvalue weighted by Gasteiger charge is -2.37. The first-order valence-electron chi connectivity index (χ1n) is 14.9. The zero-order chi connectivity index (χ0) is 30.3. The van der Waals surface area contributed by atoms with Crippen LogP contribution in [0.4, 0.5) is 16.2 Å². The van der Waals surface area contributed by atoms with Gasteiger partial charge in [0.2, 0.25) is 0 Å². The van der Waals surface area contributed by atoms with Crippen LogP contribution in [-0.4, -0.2) is 53.0 Å². The predicted molar refractivity (Wildman–Crippen MR) is 168 cm³/mol. The van der Waals surface area contributed by atoms with Crippen LogP contribution in [0.2, 0.25) is 0 Å². The second kappa shape index (κ2) is 14.0. The summed E-state index contributed by atoms with van der Waals surface area (Å²) in [7, 11) is 0. The molecule has 2 amide bonds. The molecule has 0 aromatic heterocycles. The predicted octanol–water partition coefficient (Wildman–Crippen LogP) is 6.23. The molecule has 2 aliphatic rings. The fourth-order valence-corrected chi connectivity index (χ4v) is 5.55. The van der Waals surface area contributed by atoms with Crippen molar-refractivity contribution in [3.05, 3.63) is 120 Å². The van der Waals surface area contributed by atoms with Crippen molar-refractivity contribution in [1.82, 2.24) is 4.90 Å². The lowest BCUT2D eigenvalue weighted by molar-refractivity contribution is -0.252. The first-order chi connectivity index (χ1) is 21.5. The maximum absolute atomic E-state index is 12.7. The molecule has 0 saturated carbocycles. The Kier molecular flexibility index (Phi) is 9.50. The lowest BCUT2D eigenvalue weighted by atomic mass is 9.99. The second-order valence-electron chi connectivity index (χ2n) is 11.2. The molecule has 0 unspecified atom stereocenters. The summed E-state index contributed by atoms with van der Waals surface area (Å²) in [5.41, 5.74) is 3.98. The van der Waals surface area contributed by atoms with Crippen molar-refractivity contribution >= 4 is 17.4 Å². The van der Waals surface area contributed by atoms with E-state index in [1.54, 1.807) is 24.3 Å². The molecule has 44 heavy (non-hydrogen) atoms. The number of hydrogen-bond acceptors (Lipinski definition) is 7. The summed E-state index contributed by atoms with van der Waals surface area (Å²) in [6.07, 6.45) is 0.290. The van der Waals surface area contributed by atoms with Crippen LogP contribution < -0.4 is 15.4 Å². The Labute approximate surface area is 257 Å². The average molecular weight is 596 g/mol. The Morgan fingerprint density at radius 1 is 0.818 bits per heavy atom. The fourth-order valence-electron chi connectivity index (χ4n) is 5.55. The van der Waals surface area contributed by atoms with E-state index in [1.165, 1.54) is 0 Å². The molecule has 6 rings (SSSR count). The minimum Gasteiger partial charge on any atom is -0.457 e. The van der Waals surface area contributed by atoms with Gasteiger partial charge >= 0.3 is 6.03 Å². The number of nitrogens with one attached hydrogen (secondary N) is 2. The number of carbonyl (C=O) groups excluding carboxylic acids is 1. The quantitative estimate of drug-likeness (QED) is 0.182. The van der Waals surface area contributed by atoms with E-state index in [9.17, 15) is 15.0 Å². The van der Waals surface area contributed by atoms with Gasteiger partial charge in [0.05, 0.1) is 24.9 Å². The molecule has 4 atom stereocenters. The summed E-state index contributed by atoms with van der Waals surface area (Å²) in [5.74, 6) is 1.42. The van der Waals surface area contributed by atoms with E-state index in [-0.39, 0.29) is 30.9 Å². The minimum absolute atomic E-state index is 0.00808. The standard InChI is InChI=1S/C35H37N3O6/c39-23-24-6-8-25(9-7-24)33-20-32(22-38-19-18-29(40)21-38)43-34(44-33)26-10-12-27(13-11-26)36-35(41)37-28-14-16-31(17-15-28)42-30-4-2-1-3-5-30/h1-17,29,32-34,39-40H,18-23H2,(H2,36,37,41)/t29-,32-,33+,34+/m0/s1. The van der Waals surface area contributed by atoms with Gasteiger partial charge in [-0.05, 0) is 66.1 Å². The van der Waals surface area contributed by atoms with Crippen molar-refractivity contribution in [3.8, 4) is 11.5 Å². The molecule has 4 aromatic rings. The minimum atomic E-state index is -0.594. The molecule has 228 valence electrons. The van der Waals surface area contributed by atoms with Gasteiger partial charge in [-0.15, -0.1) is 0 Å². The molecule has 2 fully saturated rings. The number of rotatable bonds is 9. The van der Waals surface area contributed by atoms with Crippen molar-refractivity contribution in [2.24, 2.45) is 0 Å². The number of amides is 2. The van der Waals surface area contributed by atoms with Gasteiger partial charge < -0.3 is 35.1 Å². The Morgan fingerprint density at radius 3 is 2.09 bits per heavy atom. The van der Waals surface area contributed by atoms with Crippen molar-refractivity contribution in [1.29, 1.82) is 0 Å². The average Bonchev–Trinajstić information content (AvgIpc) is 3.46. The Morgan fingerprint density at radius 2 is 1.45 bits per heavy atom. The van der Waals surface area contributed by atoms with E-state index in [4.69, 9.17) is 14.2 Å². The number of urea groups is 1. The zero-order valence-corrected chi connectivity index (χ0v) is 24.3. The number of ether oxygens (including phenoxy) is 3. The van der Waals surface area contributed by atoms with Crippen LogP contribution in [0.5, 0.6) is 11.5 Å². The first kappa shape index (κ1) is 29.8. The Hall–Kier alpha value is -4.25. The van der Waals surface area contributed by atoms with Crippen molar-refractivity contribution in [3.63, 3.8) is 0 Å². The number of hydrogen-bond donors (Lipinski definition) is 4. The monoisotopic (exact) mass is 595 g/mol. The summed E-state index contributed by atoms with van der Waals surface area (Å²) in [4.78, 5) is 14.9. The highest BCUT2D eigenvalue weighted by atomic mass is 16.7. The summed E-state index contributed by atoms with van der Waals surface area (Å²) in [6, 6.07) is 31.6. The fraction of sp³-hybridized carbons (Fsp3) is 0.286. The molecular weight excluding hydrogens is 558 g/mol. The molecule has 0 aliphatic carbocycles. The van der Waals surface area contributed by atoms with Gasteiger partial charge in [0.15, 0.2) is 6.29 Å². The van der Waals surface area contributed by atoms with Gasteiger partial charge in [-0.25, -0.2) is 4.79 Å². The van der Waals surface area contributed by atoms with Crippen LogP contribution in [0.15, 0.2) is 103 Å². The largest absolute Gasteiger partial charge is 0.457 e. The van der Waals surface area contributed by atoms with Gasteiger partial charge in [0, 0.05) is 43.0 Å². The number of carbonyl (C=O) groups is 1. The van der Waals surface area contributed by atoms with E-state index < -0.39 is 6.29 Å². The maximum Gasteiger partial charge on any atom is 0.323 e. The molecule has 2 saturated heterocycles. The third-order valence-electron chi connectivity index (χ3n) is 7.86. The van der Waals surface area contributed by atoms with Crippen molar-refractivity contribution in [2.75, 3.05) is 30.3 Å². The van der Waals surface area contributed by atoms with Crippen molar-refractivity contribution in [2.45, 2.75) is 44.1 Å². The lowest BCUT2D eigenvalue weighted by Crippen LogP contribution is -2.38. The molecule has 9 heteroatoms. The number of benzene rings is 4. The van der Waals surface area contributed by atoms with Gasteiger partial charge in [0.1, 0.15) is 11.5 Å². The molecule has 4 aromatic carbocycles. The SMILES string of the molecule is O=C(Nc1ccc(Oc2ccccc2)cc1)Nc1ccc([C@@H]2O[C@H](CN3CC[C@H](O)C3)C[C@H](c3ccc(CO)cc3)O2)cc1. The molecule has 0 bridgehead atoms. The van der Waals surface area contributed by atoms with Crippen LogP contribution in [0.1, 0.15) is 41.9 Å². The third kappa shape index (κ3) is 7.82. The van der Waals surface area contributed by atoms with Crippen LogP contribution in [0.3, 0.4) is 0 Å². The van der Waals surface area contributed by atoms with E-state index in [0.29, 0.717) is 36.6 Å². The maximum atomic E-state index is 12.7. The van der Waals surface area contributed by atoms with Crippen molar-refractivity contribution < 1.29 is 29.2 Å². The normalized spacial score (nSPS) is 22.0. The molecule has 4 N–H and O–H groups in total. The Bertz CT molecular complexity index is 1500. The second-order valence-corrected chi connectivity index (χ2v) is 11.2. The van der Waals surface area contributed by atoms with Crippen LogP contribution >= 0.6 is 0 Å². The molecule has 2 aliphatic heterocycles. The number of β-amino-alcohol motifs (C(OH)–C–C–N with tert-alkyl or cyclic N) is 1. The number of likely N-dealkylation sites (tertiary alicyclic amines) is 1. The molecule has 0 radical (unpaired) electrons. The van der Waals surface area contributed by atoms with Gasteiger partial charge in [-0.1, -0.05) is 54.6 Å². The summed E-state index contributed by atoms with van der Waals surface area (Å²) < 4.78 is 18.7. The molecule has 2 heterocycles. The van der Waals surface area contributed by atoms with E-state index >= 15 is 0 Å². The van der Waals surface area contributed by atoms with Gasteiger partial charge in [0.25, 0.3) is 0 Å². The molecular formula is C35H37N3O6. The van der Waals surface area contributed by atoms with E-state index in [1.807, 2.05) is 78.9 Å². The van der Waals surface area contributed by atoms with Gasteiger partial charge in [-0.2, -0.15) is 0 Å². The highest BCUT2D eigenvalue weighted by molar-refractivity contribution is 5.99. The smallest absolute Gasteiger partial charge is 0.323 e. The highest BCUT2D eigenvalue weighted by Crippen LogP contribution is 2.38. The number of anilines is 2. The number of aliphatic hydroxyl groups is 2. The molecule has 9 nitrogen and oxygen atoms in total. The number of para-hydroxylation sites is 1. The van der Waals surface area contributed by atoms with Crippen LogP contribution in [0.25, 0.3) is 0 Å².